The van der Waals surface area contributed by atoms with Crippen molar-refractivity contribution in [1.29, 1.82) is 0 Å². The van der Waals surface area contributed by atoms with Crippen LogP contribution in [0.15, 0.2) is 67.0 Å². The van der Waals surface area contributed by atoms with E-state index in [1.165, 1.54) is 5.56 Å². The first-order chi connectivity index (χ1) is 14.3. The molecule has 0 unspecified atom stereocenters. The van der Waals surface area contributed by atoms with Crippen LogP contribution in [0.4, 0.5) is 0 Å². The molecule has 2 fully saturated rings. The number of fused-ring (bicyclic) bond motifs is 1. The van der Waals surface area contributed by atoms with E-state index in [4.69, 9.17) is 14.2 Å². The summed E-state index contributed by atoms with van der Waals surface area (Å²) in [4.78, 5) is 4.54. The fourth-order valence-electron chi connectivity index (χ4n) is 4.13. The summed E-state index contributed by atoms with van der Waals surface area (Å²) in [6.07, 6.45) is 3.67. The normalized spacial score (nSPS) is 25.8. The fraction of sp³-hybridized carbons (Fsp3) is 0.348. The molecule has 0 amide bonds. The number of ether oxygens (including phenoxy) is 3. The molecule has 2 aliphatic heterocycles. The van der Waals surface area contributed by atoms with Gasteiger partial charge in [-0.3, -0.25) is 0 Å². The van der Waals surface area contributed by atoms with Gasteiger partial charge in [0.25, 0.3) is 0 Å². The lowest BCUT2D eigenvalue weighted by molar-refractivity contribution is 0.0172. The molecule has 150 valence electrons. The molecule has 29 heavy (non-hydrogen) atoms. The van der Waals surface area contributed by atoms with Crippen LogP contribution in [0.25, 0.3) is 11.4 Å². The van der Waals surface area contributed by atoms with Crippen LogP contribution < -0.4 is 4.74 Å². The number of aromatic nitrogens is 2. The molecule has 3 aromatic rings. The summed E-state index contributed by atoms with van der Waals surface area (Å²) in [6, 6.07) is 18.3. The maximum Gasteiger partial charge on any atom is 0.140 e. The van der Waals surface area contributed by atoms with Crippen molar-refractivity contribution >= 4 is 0 Å². The monoisotopic (exact) mass is 392 g/mol. The minimum absolute atomic E-state index is 0.0106. The van der Waals surface area contributed by atoms with Crippen LogP contribution in [0.2, 0.25) is 0 Å². The van der Waals surface area contributed by atoms with Gasteiger partial charge in [0.15, 0.2) is 0 Å². The first-order valence-corrected chi connectivity index (χ1v) is 10.0. The Kier molecular flexibility index (Phi) is 5.06. The molecule has 2 aliphatic rings. The first kappa shape index (κ1) is 18.4. The van der Waals surface area contributed by atoms with E-state index >= 15 is 0 Å². The standard InChI is InChI=1S/C23H24N2O4/c26-20-15-29-21-19(14-28-22(20)21)25-12-11-24-23(25)17-6-8-18(9-7-17)27-13-10-16-4-2-1-3-5-16/h1-9,11-12,19-22,26H,10,13-15H2/t19-,20-,21-,22-/m1/s1. The number of imidazole rings is 1. The zero-order chi connectivity index (χ0) is 19.6. The lowest BCUT2D eigenvalue weighted by atomic mass is 10.1. The van der Waals surface area contributed by atoms with Crippen LogP contribution in [-0.2, 0) is 15.9 Å². The lowest BCUT2D eigenvalue weighted by Crippen LogP contribution is -2.30. The zero-order valence-corrected chi connectivity index (χ0v) is 16.1. The van der Waals surface area contributed by atoms with Crippen LogP contribution in [0.3, 0.4) is 0 Å². The molecule has 6 nitrogen and oxygen atoms in total. The fourth-order valence-corrected chi connectivity index (χ4v) is 4.13. The molecule has 6 heteroatoms. The van der Waals surface area contributed by atoms with E-state index in [1.54, 1.807) is 6.20 Å². The summed E-state index contributed by atoms with van der Waals surface area (Å²) in [5.41, 5.74) is 2.27. The van der Waals surface area contributed by atoms with Crippen LogP contribution in [0.5, 0.6) is 5.75 Å². The Morgan fingerprint density at radius 3 is 2.62 bits per heavy atom. The maximum atomic E-state index is 9.99. The molecule has 1 N–H and O–H groups in total. The average molecular weight is 392 g/mol. The second-order valence-electron chi connectivity index (χ2n) is 7.50. The molecule has 0 saturated carbocycles. The summed E-state index contributed by atoms with van der Waals surface area (Å²) in [5.74, 6) is 1.70. The zero-order valence-electron chi connectivity index (χ0n) is 16.1. The van der Waals surface area contributed by atoms with Gasteiger partial charge in [0, 0.05) is 24.4 Å². The SMILES string of the molecule is O[C@@H]1CO[C@H]2[C@@H]1OC[C@H]2n1ccnc1-c1ccc(OCCc2ccccc2)cc1. The predicted molar refractivity (Wildman–Crippen MR) is 108 cm³/mol. The van der Waals surface area contributed by atoms with Gasteiger partial charge in [0.1, 0.15) is 29.9 Å². The number of rotatable bonds is 6. The summed E-state index contributed by atoms with van der Waals surface area (Å²) in [5, 5.41) is 9.99. The van der Waals surface area contributed by atoms with E-state index in [2.05, 4.69) is 21.7 Å². The largest absolute Gasteiger partial charge is 0.493 e. The Labute approximate surface area is 169 Å². The average Bonchev–Trinajstić information content (AvgIpc) is 3.47. The molecule has 5 rings (SSSR count). The van der Waals surface area contributed by atoms with E-state index in [0.717, 1.165) is 23.6 Å². The van der Waals surface area contributed by atoms with Gasteiger partial charge >= 0.3 is 0 Å². The minimum atomic E-state index is -0.552. The van der Waals surface area contributed by atoms with Crippen molar-refractivity contribution in [1.82, 2.24) is 9.55 Å². The third kappa shape index (κ3) is 3.67. The van der Waals surface area contributed by atoms with Crippen molar-refractivity contribution in [3.63, 3.8) is 0 Å². The second-order valence-corrected chi connectivity index (χ2v) is 7.50. The van der Waals surface area contributed by atoms with Gasteiger partial charge in [0.2, 0.25) is 0 Å². The highest BCUT2D eigenvalue weighted by molar-refractivity contribution is 5.57. The highest BCUT2D eigenvalue weighted by Gasteiger charge is 2.48. The summed E-state index contributed by atoms with van der Waals surface area (Å²) in [7, 11) is 0. The summed E-state index contributed by atoms with van der Waals surface area (Å²) >= 11 is 0. The van der Waals surface area contributed by atoms with Gasteiger partial charge in [-0.2, -0.15) is 0 Å². The van der Waals surface area contributed by atoms with Gasteiger partial charge < -0.3 is 23.9 Å². The number of aliphatic hydroxyl groups is 1. The molecular weight excluding hydrogens is 368 g/mol. The van der Waals surface area contributed by atoms with Gasteiger partial charge in [-0.15, -0.1) is 0 Å². The molecule has 1 aromatic heterocycles. The van der Waals surface area contributed by atoms with Gasteiger partial charge in [-0.1, -0.05) is 30.3 Å². The predicted octanol–water partition coefficient (Wildman–Crippen LogP) is 2.87. The van der Waals surface area contributed by atoms with E-state index < -0.39 is 6.10 Å². The number of benzene rings is 2. The lowest BCUT2D eigenvalue weighted by Gasteiger charge is -2.19. The quantitative estimate of drug-likeness (QED) is 0.699. The third-order valence-electron chi connectivity index (χ3n) is 5.64. The molecular formula is C23H24N2O4. The van der Waals surface area contributed by atoms with Gasteiger partial charge in [-0.05, 0) is 29.8 Å². The summed E-state index contributed by atoms with van der Waals surface area (Å²) < 4.78 is 19.5. The van der Waals surface area contributed by atoms with Crippen molar-refractivity contribution in [3.05, 3.63) is 72.6 Å². The number of hydrogen-bond donors (Lipinski definition) is 1. The molecule has 0 spiro atoms. The van der Waals surface area contributed by atoms with E-state index in [1.807, 2.05) is 48.7 Å². The Balaban J connectivity index is 1.26. The van der Waals surface area contributed by atoms with Crippen molar-refractivity contribution < 1.29 is 19.3 Å². The van der Waals surface area contributed by atoms with Crippen molar-refractivity contribution in [2.24, 2.45) is 0 Å². The van der Waals surface area contributed by atoms with Gasteiger partial charge in [0.05, 0.1) is 25.9 Å². The van der Waals surface area contributed by atoms with Gasteiger partial charge in [-0.25, -0.2) is 4.98 Å². The molecule has 0 aliphatic carbocycles. The Hall–Kier alpha value is -2.67. The third-order valence-corrected chi connectivity index (χ3v) is 5.64. The first-order valence-electron chi connectivity index (χ1n) is 10.0. The minimum Gasteiger partial charge on any atom is -0.493 e. The van der Waals surface area contributed by atoms with Crippen LogP contribution >= 0.6 is 0 Å². The Morgan fingerprint density at radius 1 is 1.00 bits per heavy atom. The van der Waals surface area contributed by atoms with Crippen molar-refractivity contribution in [2.45, 2.75) is 30.8 Å². The van der Waals surface area contributed by atoms with E-state index in [-0.39, 0.29) is 18.2 Å². The number of hydrogen-bond acceptors (Lipinski definition) is 5. The Bertz CT molecular complexity index is 941. The topological polar surface area (TPSA) is 65.7 Å². The van der Waals surface area contributed by atoms with Crippen LogP contribution in [0, 0.1) is 0 Å². The highest BCUT2D eigenvalue weighted by atomic mass is 16.6. The highest BCUT2D eigenvalue weighted by Crippen LogP contribution is 2.36. The van der Waals surface area contributed by atoms with Crippen LogP contribution in [0.1, 0.15) is 11.6 Å². The Morgan fingerprint density at radius 2 is 1.79 bits per heavy atom. The maximum absolute atomic E-state index is 9.99. The second kappa shape index (κ2) is 7.99. The molecule has 4 atom stereocenters. The molecule has 0 bridgehead atoms. The van der Waals surface area contributed by atoms with E-state index in [9.17, 15) is 5.11 Å². The molecule has 0 radical (unpaired) electrons. The number of nitrogens with zero attached hydrogens (tertiary/aromatic N) is 2. The molecule has 2 aromatic carbocycles. The molecule has 2 saturated heterocycles. The van der Waals surface area contributed by atoms with Crippen molar-refractivity contribution in [2.75, 3.05) is 19.8 Å². The summed E-state index contributed by atoms with van der Waals surface area (Å²) in [6.45, 7) is 1.47. The number of aliphatic hydroxyl groups excluding tert-OH is 1. The van der Waals surface area contributed by atoms with Crippen molar-refractivity contribution in [3.8, 4) is 17.1 Å². The molecule has 3 heterocycles. The van der Waals surface area contributed by atoms with Crippen LogP contribution in [-0.4, -0.2) is 52.8 Å². The smallest absolute Gasteiger partial charge is 0.140 e. The van der Waals surface area contributed by atoms with E-state index in [0.29, 0.717) is 19.8 Å².